The molecule has 0 N–H and O–H groups in total. The van der Waals surface area contributed by atoms with Gasteiger partial charge in [-0.25, -0.2) is 0 Å². The van der Waals surface area contributed by atoms with Crippen LogP contribution in [0.5, 0.6) is 5.75 Å². The first-order valence-electron chi connectivity index (χ1n) is 13.7. The Morgan fingerprint density at radius 2 is 1.40 bits per heavy atom. The van der Waals surface area contributed by atoms with E-state index in [0.29, 0.717) is 19.6 Å². The molecule has 0 saturated carbocycles. The molecule has 0 unspecified atom stereocenters. The van der Waals surface area contributed by atoms with E-state index in [1.165, 1.54) is 56.1 Å². The van der Waals surface area contributed by atoms with E-state index in [0.717, 1.165) is 42.6 Å². The standard InChI is InChI=1S/C31H48NO3/c1-4-5-6-7-8-9-11-16-28-19-21-30(22-20-28)34-25-14-15-26-35-31(33)23-24-32(2,3)27-29-17-12-10-13-18-29/h10,12-13,17-22H,4-9,11,14-16,23-27H2,1-3H3/q+1. The number of ether oxygens (including phenoxy) is 2. The molecule has 0 heterocycles. The Bertz CT molecular complexity index is 802. The van der Waals surface area contributed by atoms with Gasteiger partial charge in [0.15, 0.2) is 0 Å². The predicted octanol–water partition coefficient (Wildman–Crippen LogP) is 7.35. The van der Waals surface area contributed by atoms with Crippen LogP contribution in [0.3, 0.4) is 0 Å². The molecule has 4 heteroatoms. The van der Waals surface area contributed by atoms with Gasteiger partial charge in [0.2, 0.25) is 0 Å². The zero-order chi connectivity index (χ0) is 25.2. The van der Waals surface area contributed by atoms with Crippen LogP contribution in [0.15, 0.2) is 54.6 Å². The SMILES string of the molecule is CCCCCCCCCc1ccc(OCCCCOC(=O)CC[N+](C)(C)Cc2ccccc2)cc1. The molecule has 0 aliphatic rings. The second-order valence-corrected chi connectivity index (χ2v) is 10.3. The lowest BCUT2D eigenvalue weighted by Gasteiger charge is -2.29. The molecule has 0 atom stereocenters. The lowest BCUT2D eigenvalue weighted by atomic mass is 10.0. The van der Waals surface area contributed by atoms with Crippen LogP contribution in [0.1, 0.15) is 82.3 Å². The normalized spacial score (nSPS) is 11.4. The van der Waals surface area contributed by atoms with Gasteiger partial charge in [-0.15, -0.1) is 0 Å². The molecule has 0 spiro atoms. The Balaban J connectivity index is 1.48. The van der Waals surface area contributed by atoms with Gasteiger partial charge in [0.25, 0.3) is 0 Å². The highest BCUT2D eigenvalue weighted by Crippen LogP contribution is 2.16. The topological polar surface area (TPSA) is 35.5 Å². The summed E-state index contributed by atoms with van der Waals surface area (Å²) in [6.07, 6.45) is 12.7. The van der Waals surface area contributed by atoms with E-state index in [-0.39, 0.29) is 5.97 Å². The largest absolute Gasteiger partial charge is 0.494 e. The molecule has 2 rings (SSSR count). The third-order valence-corrected chi connectivity index (χ3v) is 6.44. The Kier molecular flexibility index (Phi) is 14.2. The number of quaternary nitrogens is 1. The minimum absolute atomic E-state index is 0.110. The molecule has 0 aliphatic carbocycles. The minimum Gasteiger partial charge on any atom is -0.494 e. The van der Waals surface area contributed by atoms with E-state index < -0.39 is 0 Å². The molecule has 0 bridgehead atoms. The molecule has 4 nitrogen and oxygen atoms in total. The van der Waals surface area contributed by atoms with E-state index in [9.17, 15) is 4.79 Å². The molecule has 0 fully saturated rings. The number of benzene rings is 2. The van der Waals surface area contributed by atoms with Gasteiger partial charge in [0, 0.05) is 5.56 Å². The smallest absolute Gasteiger partial charge is 0.311 e. The molecule has 0 aromatic heterocycles. The number of unbranched alkanes of at least 4 members (excludes halogenated alkanes) is 7. The van der Waals surface area contributed by atoms with Crippen molar-refractivity contribution >= 4 is 5.97 Å². The van der Waals surface area contributed by atoms with E-state index >= 15 is 0 Å². The van der Waals surface area contributed by atoms with Gasteiger partial charge in [-0.1, -0.05) is 87.9 Å². The van der Waals surface area contributed by atoms with Crippen LogP contribution >= 0.6 is 0 Å². The van der Waals surface area contributed by atoms with Gasteiger partial charge in [-0.05, 0) is 43.4 Å². The number of hydrogen-bond donors (Lipinski definition) is 0. The summed E-state index contributed by atoms with van der Waals surface area (Å²) in [7, 11) is 4.31. The van der Waals surface area contributed by atoms with E-state index in [2.05, 4.69) is 69.6 Å². The van der Waals surface area contributed by atoms with Gasteiger partial charge in [-0.2, -0.15) is 0 Å². The van der Waals surface area contributed by atoms with Crippen LogP contribution in [-0.2, 0) is 22.5 Å². The number of nitrogens with zero attached hydrogens (tertiary/aromatic N) is 1. The van der Waals surface area contributed by atoms with Crippen molar-refractivity contribution < 1.29 is 18.8 Å². The molecule has 0 radical (unpaired) electrons. The zero-order valence-electron chi connectivity index (χ0n) is 22.5. The minimum atomic E-state index is -0.110. The summed E-state index contributed by atoms with van der Waals surface area (Å²) in [6.45, 7) is 5.06. The van der Waals surface area contributed by atoms with Crippen LogP contribution < -0.4 is 4.74 Å². The van der Waals surface area contributed by atoms with Crippen LogP contribution in [0.4, 0.5) is 0 Å². The Hall–Kier alpha value is -2.33. The van der Waals surface area contributed by atoms with Gasteiger partial charge < -0.3 is 14.0 Å². The summed E-state index contributed by atoms with van der Waals surface area (Å²) in [6, 6.07) is 18.9. The monoisotopic (exact) mass is 482 g/mol. The van der Waals surface area contributed by atoms with Gasteiger partial charge in [0.05, 0.1) is 40.3 Å². The summed E-state index contributed by atoms with van der Waals surface area (Å²) in [5, 5.41) is 0. The first-order chi connectivity index (χ1) is 17.0. The van der Waals surface area contributed by atoms with Crippen molar-refractivity contribution in [1.82, 2.24) is 0 Å². The molecule has 194 valence electrons. The first kappa shape index (κ1) is 28.9. The van der Waals surface area contributed by atoms with Crippen molar-refractivity contribution in [2.45, 2.75) is 84.1 Å². The number of esters is 1. The summed E-state index contributed by atoms with van der Waals surface area (Å²) in [5.74, 6) is 0.811. The third-order valence-electron chi connectivity index (χ3n) is 6.44. The van der Waals surface area contributed by atoms with Crippen molar-refractivity contribution in [3.63, 3.8) is 0 Å². The number of carbonyl (C=O) groups excluding carboxylic acids is 1. The lowest BCUT2D eigenvalue weighted by Crippen LogP contribution is -2.40. The van der Waals surface area contributed by atoms with Gasteiger partial charge in [0.1, 0.15) is 12.3 Å². The maximum atomic E-state index is 12.1. The lowest BCUT2D eigenvalue weighted by molar-refractivity contribution is -0.903. The van der Waals surface area contributed by atoms with Crippen molar-refractivity contribution in [2.24, 2.45) is 0 Å². The van der Waals surface area contributed by atoms with Crippen LogP contribution in [0, 0.1) is 0 Å². The fraction of sp³-hybridized carbons (Fsp3) is 0.581. The van der Waals surface area contributed by atoms with Crippen molar-refractivity contribution in [3.8, 4) is 5.75 Å². The van der Waals surface area contributed by atoms with Crippen molar-refractivity contribution in [3.05, 3.63) is 65.7 Å². The highest BCUT2D eigenvalue weighted by molar-refractivity contribution is 5.69. The van der Waals surface area contributed by atoms with Gasteiger partial charge in [-0.3, -0.25) is 4.79 Å². The fourth-order valence-electron chi connectivity index (χ4n) is 4.24. The Labute approximate surface area is 214 Å². The Morgan fingerprint density at radius 1 is 0.743 bits per heavy atom. The van der Waals surface area contributed by atoms with E-state index in [1.807, 2.05) is 6.07 Å². The van der Waals surface area contributed by atoms with Crippen molar-refractivity contribution in [2.75, 3.05) is 33.9 Å². The molecule has 0 saturated heterocycles. The van der Waals surface area contributed by atoms with E-state index in [1.54, 1.807) is 0 Å². The molecular weight excluding hydrogens is 434 g/mol. The molecule has 2 aromatic carbocycles. The average Bonchev–Trinajstić information content (AvgIpc) is 2.85. The summed E-state index contributed by atoms with van der Waals surface area (Å²) >= 11 is 0. The number of carbonyl (C=O) groups is 1. The first-order valence-corrected chi connectivity index (χ1v) is 13.7. The molecular formula is C31H48NO3+. The molecule has 0 amide bonds. The second-order valence-electron chi connectivity index (χ2n) is 10.3. The average molecular weight is 483 g/mol. The maximum absolute atomic E-state index is 12.1. The summed E-state index contributed by atoms with van der Waals surface area (Å²) in [4.78, 5) is 12.1. The Morgan fingerprint density at radius 3 is 2.11 bits per heavy atom. The quantitative estimate of drug-likeness (QED) is 0.119. The summed E-state index contributed by atoms with van der Waals surface area (Å²) < 4.78 is 12.0. The fourth-order valence-corrected chi connectivity index (χ4v) is 4.24. The number of rotatable bonds is 19. The van der Waals surface area contributed by atoms with Crippen LogP contribution in [0.2, 0.25) is 0 Å². The highest BCUT2D eigenvalue weighted by atomic mass is 16.5. The second kappa shape index (κ2) is 17.2. The van der Waals surface area contributed by atoms with Crippen molar-refractivity contribution in [1.29, 1.82) is 0 Å². The van der Waals surface area contributed by atoms with Crippen LogP contribution in [-0.4, -0.2) is 44.3 Å². The molecule has 2 aromatic rings. The maximum Gasteiger partial charge on any atom is 0.311 e. The molecule has 35 heavy (non-hydrogen) atoms. The highest BCUT2D eigenvalue weighted by Gasteiger charge is 2.18. The third kappa shape index (κ3) is 14.0. The van der Waals surface area contributed by atoms with E-state index in [4.69, 9.17) is 9.47 Å². The summed E-state index contributed by atoms with van der Waals surface area (Å²) in [5.41, 5.74) is 2.68. The predicted molar refractivity (Wildman–Crippen MR) is 146 cm³/mol. The van der Waals surface area contributed by atoms with Gasteiger partial charge >= 0.3 is 5.97 Å². The number of hydrogen-bond acceptors (Lipinski definition) is 3. The van der Waals surface area contributed by atoms with Crippen LogP contribution in [0.25, 0.3) is 0 Å². The molecule has 0 aliphatic heterocycles. The zero-order valence-corrected chi connectivity index (χ0v) is 22.5. The number of aryl methyl sites for hydroxylation is 1.